The van der Waals surface area contributed by atoms with Gasteiger partial charge >= 0.3 is 0 Å². The molecule has 1 aromatic carbocycles. The SMILES string of the molecule is Cc1c(Cl)cccc1S(=O)(=O)Nc1nc(C(C)Sc2nccn2C)ns1. The molecule has 11 heteroatoms. The largest absolute Gasteiger partial charge is 0.329 e. The van der Waals surface area contributed by atoms with Crippen LogP contribution < -0.4 is 4.72 Å². The molecule has 1 N–H and O–H groups in total. The van der Waals surface area contributed by atoms with Gasteiger partial charge in [-0.15, -0.1) is 0 Å². The van der Waals surface area contributed by atoms with Crippen LogP contribution in [0.25, 0.3) is 0 Å². The van der Waals surface area contributed by atoms with Gasteiger partial charge in [0.2, 0.25) is 5.13 Å². The van der Waals surface area contributed by atoms with Gasteiger partial charge in [0.25, 0.3) is 10.0 Å². The molecule has 1 unspecified atom stereocenters. The molecule has 1 atom stereocenters. The maximum absolute atomic E-state index is 12.6. The topological polar surface area (TPSA) is 89.8 Å². The lowest BCUT2D eigenvalue weighted by molar-refractivity contribution is 0.600. The molecule has 0 saturated heterocycles. The monoisotopic (exact) mass is 429 g/mol. The summed E-state index contributed by atoms with van der Waals surface area (Å²) < 4.78 is 33.9. The van der Waals surface area contributed by atoms with E-state index in [1.165, 1.54) is 17.8 Å². The van der Waals surface area contributed by atoms with Gasteiger partial charge in [0.15, 0.2) is 11.0 Å². The van der Waals surface area contributed by atoms with Gasteiger partial charge in [0.1, 0.15) is 0 Å². The summed E-state index contributed by atoms with van der Waals surface area (Å²) in [5.41, 5.74) is 0.491. The lowest BCUT2D eigenvalue weighted by Crippen LogP contribution is -2.14. The van der Waals surface area contributed by atoms with Crippen LogP contribution >= 0.6 is 34.9 Å². The van der Waals surface area contributed by atoms with Crippen molar-refractivity contribution in [1.82, 2.24) is 18.9 Å². The summed E-state index contributed by atoms with van der Waals surface area (Å²) in [5.74, 6) is 0.545. The number of aromatic nitrogens is 4. The maximum atomic E-state index is 12.6. The molecule has 2 heterocycles. The molecule has 0 fully saturated rings. The number of benzene rings is 1. The Bertz CT molecular complexity index is 1030. The van der Waals surface area contributed by atoms with Crippen molar-refractivity contribution in [2.75, 3.05) is 4.72 Å². The fourth-order valence-electron chi connectivity index (χ4n) is 2.17. The highest BCUT2D eigenvalue weighted by Gasteiger charge is 2.22. The van der Waals surface area contributed by atoms with Crippen LogP contribution in [0.5, 0.6) is 0 Å². The van der Waals surface area contributed by atoms with E-state index in [4.69, 9.17) is 11.6 Å². The van der Waals surface area contributed by atoms with Gasteiger partial charge in [-0.25, -0.2) is 18.4 Å². The number of sulfonamides is 1. The standard InChI is InChI=1S/C15H16ClN5O2S3/c1-9-11(16)5-4-6-12(9)26(22,23)20-14-18-13(19-25-14)10(2)24-15-17-7-8-21(15)3/h4-8,10H,1-3H3,(H,18,19,20). The lowest BCUT2D eigenvalue weighted by Gasteiger charge is -2.09. The molecule has 0 amide bonds. The van der Waals surface area contributed by atoms with Crippen LogP contribution in [0.1, 0.15) is 23.6 Å². The van der Waals surface area contributed by atoms with Crippen molar-refractivity contribution < 1.29 is 8.42 Å². The van der Waals surface area contributed by atoms with Crippen molar-refractivity contribution in [3.8, 4) is 0 Å². The van der Waals surface area contributed by atoms with Crippen molar-refractivity contribution in [1.29, 1.82) is 0 Å². The van der Waals surface area contributed by atoms with Crippen LogP contribution in [0, 0.1) is 6.92 Å². The zero-order valence-corrected chi connectivity index (χ0v) is 17.4. The summed E-state index contributed by atoms with van der Waals surface area (Å²) in [6.45, 7) is 3.61. The summed E-state index contributed by atoms with van der Waals surface area (Å²) in [6, 6.07) is 4.75. The molecule has 138 valence electrons. The molecular weight excluding hydrogens is 414 g/mol. The fourth-order valence-corrected chi connectivity index (χ4v) is 5.49. The van der Waals surface area contributed by atoms with Crippen molar-refractivity contribution in [3.63, 3.8) is 0 Å². The zero-order chi connectivity index (χ0) is 18.9. The normalized spacial score (nSPS) is 12.9. The Morgan fingerprint density at radius 1 is 1.38 bits per heavy atom. The number of nitrogens with zero attached hydrogens (tertiary/aromatic N) is 4. The molecule has 7 nitrogen and oxygen atoms in total. The van der Waals surface area contributed by atoms with Gasteiger partial charge < -0.3 is 4.57 Å². The predicted molar refractivity (Wildman–Crippen MR) is 104 cm³/mol. The number of aryl methyl sites for hydroxylation is 1. The van der Waals surface area contributed by atoms with Crippen LogP contribution in [-0.2, 0) is 17.1 Å². The zero-order valence-electron chi connectivity index (χ0n) is 14.2. The molecule has 26 heavy (non-hydrogen) atoms. The third-order valence-corrected chi connectivity index (χ3v) is 7.43. The van der Waals surface area contributed by atoms with Gasteiger partial charge in [-0.05, 0) is 31.5 Å². The minimum atomic E-state index is -3.79. The minimum absolute atomic E-state index is 0.0708. The van der Waals surface area contributed by atoms with Crippen molar-refractivity contribution in [3.05, 3.63) is 47.0 Å². The predicted octanol–water partition coefficient (Wildman–Crippen LogP) is 3.89. The quantitative estimate of drug-likeness (QED) is 0.598. The van der Waals surface area contributed by atoms with Crippen molar-refractivity contribution >= 4 is 50.1 Å². The second kappa shape index (κ2) is 7.55. The summed E-state index contributed by atoms with van der Waals surface area (Å²) in [5, 5.41) is 1.38. The summed E-state index contributed by atoms with van der Waals surface area (Å²) in [6.07, 6.45) is 3.58. The first kappa shape index (κ1) is 19.2. The van der Waals surface area contributed by atoms with Crippen LogP contribution in [0.4, 0.5) is 5.13 Å². The number of hydrogen-bond donors (Lipinski definition) is 1. The molecule has 2 aromatic heterocycles. The highest BCUT2D eigenvalue weighted by Crippen LogP contribution is 2.33. The number of halogens is 1. The highest BCUT2D eigenvalue weighted by molar-refractivity contribution is 7.99. The Labute approximate surface area is 165 Å². The van der Waals surface area contributed by atoms with E-state index in [0.717, 1.165) is 16.7 Å². The minimum Gasteiger partial charge on any atom is -0.329 e. The number of nitrogens with one attached hydrogen (secondary N) is 1. The number of anilines is 1. The number of thioether (sulfide) groups is 1. The maximum Gasteiger partial charge on any atom is 0.264 e. The number of rotatable bonds is 6. The second-order valence-electron chi connectivity index (χ2n) is 5.51. The van der Waals surface area contributed by atoms with Gasteiger partial charge in [-0.3, -0.25) is 4.72 Å². The van der Waals surface area contributed by atoms with E-state index in [0.29, 0.717) is 16.4 Å². The van der Waals surface area contributed by atoms with E-state index in [1.54, 1.807) is 25.3 Å². The van der Waals surface area contributed by atoms with E-state index in [1.807, 2.05) is 24.7 Å². The third kappa shape index (κ3) is 4.03. The van der Waals surface area contributed by atoms with Crippen molar-refractivity contribution in [2.24, 2.45) is 7.05 Å². The van der Waals surface area contributed by atoms with E-state index in [-0.39, 0.29) is 15.3 Å². The average Bonchev–Trinajstić information content (AvgIpc) is 3.19. The summed E-state index contributed by atoms with van der Waals surface area (Å²) in [7, 11) is -1.88. The van der Waals surface area contributed by atoms with E-state index in [2.05, 4.69) is 19.1 Å². The molecule has 3 rings (SSSR count). The molecule has 0 saturated carbocycles. The molecule has 0 spiro atoms. The van der Waals surface area contributed by atoms with E-state index in [9.17, 15) is 8.42 Å². The fraction of sp³-hybridized carbons (Fsp3) is 0.267. The van der Waals surface area contributed by atoms with Crippen LogP contribution in [0.2, 0.25) is 5.02 Å². The Kier molecular flexibility index (Phi) is 5.56. The molecule has 0 radical (unpaired) electrons. The first-order chi connectivity index (χ1) is 12.3. The van der Waals surface area contributed by atoms with Crippen molar-refractivity contribution in [2.45, 2.75) is 29.1 Å². The molecule has 0 aliphatic rings. The molecule has 0 bridgehead atoms. The Morgan fingerprint density at radius 3 is 2.85 bits per heavy atom. The molecule has 0 aliphatic carbocycles. The van der Waals surface area contributed by atoms with Gasteiger partial charge in [0.05, 0.1) is 10.1 Å². The Balaban J connectivity index is 1.77. The van der Waals surface area contributed by atoms with Crippen LogP contribution in [0.15, 0.2) is 40.6 Å². The smallest absolute Gasteiger partial charge is 0.264 e. The highest BCUT2D eigenvalue weighted by atomic mass is 35.5. The van der Waals surface area contributed by atoms with Crippen LogP contribution in [-0.4, -0.2) is 27.3 Å². The third-order valence-electron chi connectivity index (χ3n) is 3.59. The van der Waals surface area contributed by atoms with Gasteiger partial charge in [-0.2, -0.15) is 4.37 Å². The second-order valence-corrected chi connectivity index (χ2v) is 9.62. The van der Waals surface area contributed by atoms with Gasteiger partial charge in [-0.1, -0.05) is 29.4 Å². The number of hydrogen-bond acceptors (Lipinski definition) is 7. The Hall–Kier alpha value is -1.62. The number of imidazole rings is 1. The first-order valence-corrected chi connectivity index (χ1v) is 11.0. The molecular formula is C15H16ClN5O2S3. The summed E-state index contributed by atoms with van der Waals surface area (Å²) in [4.78, 5) is 8.69. The van der Waals surface area contributed by atoms with Crippen LogP contribution in [0.3, 0.4) is 0 Å². The Morgan fingerprint density at radius 2 is 2.15 bits per heavy atom. The lowest BCUT2D eigenvalue weighted by atomic mass is 10.2. The van der Waals surface area contributed by atoms with Gasteiger partial charge in [0, 0.05) is 36.0 Å². The van der Waals surface area contributed by atoms with E-state index < -0.39 is 10.0 Å². The van der Waals surface area contributed by atoms with E-state index >= 15 is 0 Å². The summed E-state index contributed by atoms with van der Waals surface area (Å²) >= 11 is 8.52. The average molecular weight is 430 g/mol. The first-order valence-electron chi connectivity index (χ1n) is 7.53. The molecule has 0 aliphatic heterocycles. The molecule has 3 aromatic rings.